The summed E-state index contributed by atoms with van der Waals surface area (Å²) in [6.07, 6.45) is 1.38. The maximum Gasteiger partial charge on any atom is 0.319 e. The molecule has 0 aliphatic rings. The van der Waals surface area contributed by atoms with Crippen LogP contribution in [-0.4, -0.2) is 23.9 Å². The van der Waals surface area contributed by atoms with Crippen LogP contribution in [0, 0.1) is 0 Å². The van der Waals surface area contributed by atoms with Gasteiger partial charge in [-0.3, -0.25) is 9.59 Å². The quantitative estimate of drug-likeness (QED) is 0.460. The summed E-state index contributed by atoms with van der Waals surface area (Å²) < 4.78 is 9.68. The highest BCUT2D eigenvalue weighted by Gasteiger charge is 2.15. The standard InChI is InChI=1S/C13H15BrO4/c1-17-13(16)11(14)8-5-9-12(15)18-10-6-3-2-4-7-10/h2-4,6-7,11H,5,8-9H2,1H3/t11-/m0/s1. The number of ether oxygens (including phenoxy) is 2. The first kappa shape index (κ1) is 14.7. The zero-order valence-corrected chi connectivity index (χ0v) is 11.7. The molecule has 98 valence electrons. The summed E-state index contributed by atoms with van der Waals surface area (Å²) in [7, 11) is 1.33. The van der Waals surface area contributed by atoms with Crippen LogP contribution >= 0.6 is 15.9 Å². The lowest BCUT2D eigenvalue weighted by Gasteiger charge is -2.07. The highest BCUT2D eigenvalue weighted by atomic mass is 79.9. The van der Waals surface area contributed by atoms with Crippen LogP contribution in [0.2, 0.25) is 0 Å². The molecule has 0 saturated carbocycles. The first-order valence-corrected chi connectivity index (χ1v) is 6.52. The van der Waals surface area contributed by atoms with Gasteiger partial charge in [0.25, 0.3) is 0 Å². The summed E-state index contributed by atoms with van der Waals surface area (Å²) in [6, 6.07) is 8.89. The zero-order valence-electron chi connectivity index (χ0n) is 10.1. The molecule has 0 saturated heterocycles. The monoisotopic (exact) mass is 314 g/mol. The van der Waals surface area contributed by atoms with Crippen LogP contribution < -0.4 is 4.74 Å². The van der Waals surface area contributed by atoms with Gasteiger partial charge in [-0.1, -0.05) is 34.1 Å². The molecule has 0 amide bonds. The second-order valence-corrected chi connectivity index (χ2v) is 4.78. The number of esters is 2. The van der Waals surface area contributed by atoms with Crippen molar-refractivity contribution in [3.05, 3.63) is 30.3 Å². The Morgan fingerprint density at radius 3 is 2.56 bits per heavy atom. The average molecular weight is 315 g/mol. The van der Waals surface area contributed by atoms with E-state index in [9.17, 15) is 9.59 Å². The number of rotatable bonds is 6. The van der Waals surface area contributed by atoms with E-state index in [2.05, 4.69) is 20.7 Å². The number of hydrogen-bond acceptors (Lipinski definition) is 4. The number of benzene rings is 1. The van der Waals surface area contributed by atoms with Crippen LogP contribution in [0.3, 0.4) is 0 Å². The lowest BCUT2D eigenvalue weighted by atomic mass is 10.2. The largest absolute Gasteiger partial charge is 0.468 e. The number of carbonyl (C=O) groups is 2. The minimum Gasteiger partial charge on any atom is -0.468 e. The van der Waals surface area contributed by atoms with E-state index in [0.717, 1.165) is 0 Å². The lowest BCUT2D eigenvalue weighted by Crippen LogP contribution is -2.16. The van der Waals surface area contributed by atoms with Crippen molar-refractivity contribution in [2.45, 2.75) is 24.1 Å². The fourth-order valence-corrected chi connectivity index (χ4v) is 1.85. The van der Waals surface area contributed by atoms with Crippen molar-refractivity contribution in [1.82, 2.24) is 0 Å². The van der Waals surface area contributed by atoms with E-state index < -0.39 is 0 Å². The molecule has 0 aliphatic carbocycles. The van der Waals surface area contributed by atoms with E-state index in [1.54, 1.807) is 24.3 Å². The Balaban J connectivity index is 2.24. The summed E-state index contributed by atoms with van der Waals surface area (Å²) in [5, 5.41) is 0. The second kappa shape index (κ2) is 7.87. The van der Waals surface area contributed by atoms with Crippen LogP contribution in [0.15, 0.2) is 30.3 Å². The van der Waals surface area contributed by atoms with Crippen molar-refractivity contribution in [3.63, 3.8) is 0 Å². The lowest BCUT2D eigenvalue weighted by molar-refractivity contribution is -0.140. The van der Waals surface area contributed by atoms with Crippen LogP contribution in [-0.2, 0) is 14.3 Å². The van der Waals surface area contributed by atoms with Gasteiger partial charge in [-0.05, 0) is 25.0 Å². The van der Waals surface area contributed by atoms with Crippen LogP contribution in [0.4, 0.5) is 0 Å². The van der Waals surface area contributed by atoms with Crippen molar-refractivity contribution in [3.8, 4) is 5.75 Å². The number of alkyl halides is 1. The van der Waals surface area contributed by atoms with Crippen molar-refractivity contribution in [2.75, 3.05) is 7.11 Å². The molecule has 0 radical (unpaired) electrons. The van der Waals surface area contributed by atoms with Gasteiger partial charge in [0.2, 0.25) is 0 Å². The number of methoxy groups -OCH3 is 1. The summed E-state index contributed by atoms with van der Waals surface area (Å²) in [4.78, 5) is 22.2. The van der Waals surface area contributed by atoms with Crippen molar-refractivity contribution in [2.24, 2.45) is 0 Å². The molecule has 1 atom stereocenters. The van der Waals surface area contributed by atoms with Gasteiger partial charge in [0.05, 0.1) is 7.11 Å². The average Bonchev–Trinajstić information content (AvgIpc) is 2.38. The van der Waals surface area contributed by atoms with Gasteiger partial charge in [-0.15, -0.1) is 0 Å². The third kappa shape index (κ3) is 5.31. The van der Waals surface area contributed by atoms with Gasteiger partial charge in [0, 0.05) is 6.42 Å². The van der Waals surface area contributed by atoms with Gasteiger partial charge >= 0.3 is 11.9 Å². The third-order valence-corrected chi connectivity index (χ3v) is 3.10. The van der Waals surface area contributed by atoms with E-state index in [4.69, 9.17) is 4.74 Å². The maximum absolute atomic E-state index is 11.5. The Morgan fingerprint density at radius 1 is 1.28 bits per heavy atom. The minimum atomic E-state index is -0.368. The molecule has 1 aromatic carbocycles. The Kier molecular flexibility index (Phi) is 6.43. The second-order valence-electron chi connectivity index (χ2n) is 3.67. The molecule has 0 aliphatic heterocycles. The minimum absolute atomic E-state index is 0.272. The van der Waals surface area contributed by atoms with Crippen LogP contribution in [0.25, 0.3) is 0 Å². The van der Waals surface area contributed by atoms with Crippen molar-refractivity contribution >= 4 is 27.9 Å². The van der Waals surface area contributed by atoms with Crippen molar-refractivity contribution in [1.29, 1.82) is 0 Å². The predicted octanol–water partition coefficient (Wildman–Crippen LogP) is 2.70. The first-order valence-electron chi connectivity index (χ1n) is 5.61. The summed E-state index contributed by atoms with van der Waals surface area (Å²) in [5.74, 6) is -0.0944. The molecule has 1 rings (SSSR count). The molecule has 0 fully saturated rings. The molecule has 0 spiro atoms. The van der Waals surface area contributed by atoms with Gasteiger partial charge < -0.3 is 9.47 Å². The smallest absolute Gasteiger partial charge is 0.319 e. The zero-order chi connectivity index (χ0) is 13.4. The van der Waals surface area contributed by atoms with E-state index in [-0.39, 0.29) is 23.2 Å². The summed E-state index contributed by atoms with van der Waals surface area (Å²) >= 11 is 3.19. The van der Waals surface area contributed by atoms with E-state index in [1.165, 1.54) is 7.11 Å². The van der Waals surface area contributed by atoms with E-state index in [1.807, 2.05) is 6.07 Å². The van der Waals surface area contributed by atoms with E-state index >= 15 is 0 Å². The first-order chi connectivity index (χ1) is 8.63. The molecule has 1 aromatic rings. The molecule has 0 unspecified atom stereocenters. The summed E-state index contributed by atoms with van der Waals surface area (Å²) in [6.45, 7) is 0. The maximum atomic E-state index is 11.5. The fourth-order valence-electron chi connectivity index (χ4n) is 1.34. The highest BCUT2D eigenvalue weighted by Crippen LogP contribution is 2.14. The normalized spacial score (nSPS) is 11.7. The molecule has 5 heteroatoms. The molecule has 4 nitrogen and oxygen atoms in total. The molecule has 0 aromatic heterocycles. The fraction of sp³-hybridized carbons (Fsp3) is 0.385. The molecule has 0 heterocycles. The number of para-hydroxylation sites is 1. The molecular formula is C13H15BrO4. The summed E-state index contributed by atoms with van der Waals surface area (Å²) in [5.41, 5.74) is 0. The van der Waals surface area contributed by atoms with Gasteiger partial charge in [-0.2, -0.15) is 0 Å². The number of carbonyl (C=O) groups excluding carboxylic acids is 2. The molecule has 0 N–H and O–H groups in total. The van der Waals surface area contributed by atoms with Crippen molar-refractivity contribution < 1.29 is 19.1 Å². The van der Waals surface area contributed by atoms with Crippen LogP contribution in [0.5, 0.6) is 5.75 Å². The van der Waals surface area contributed by atoms with Gasteiger partial charge in [-0.25, -0.2) is 0 Å². The Bertz CT molecular complexity index is 391. The van der Waals surface area contributed by atoms with Crippen LogP contribution in [0.1, 0.15) is 19.3 Å². The molecular weight excluding hydrogens is 300 g/mol. The number of hydrogen-bond donors (Lipinski definition) is 0. The molecule has 18 heavy (non-hydrogen) atoms. The Hall–Kier alpha value is -1.36. The third-order valence-electron chi connectivity index (χ3n) is 2.27. The molecule has 0 bridgehead atoms. The highest BCUT2D eigenvalue weighted by molar-refractivity contribution is 9.10. The van der Waals surface area contributed by atoms with Gasteiger partial charge in [0.15, 0.2) is 0 Å². The van der Waals surface area contributed by atoms with Gasteiger partial charge in [0.1, 0.15) is 10.6 Å². The Morgan fingerprint density at radius 2 is 1.94 bits per heavy atom. The SMILES string of the molecule is COC(=O)[C@@H](Br)CCCC(=O)Oc1ccccc1. The Labute approximate surface area is 114 Å². The number of halogens is 1. The topological polar surface area (TPSA) is 52.6 Å². The predicted molar refractivity (Wildman–Crippen MR) is 70.7 cm³/mol. The van der Waals surface area contributed by atoms with E-state index in [0.29, 0.717) is 18.6 Å².